The number of aryl methyl sites for hydroxylation is 1. The standard InChI is InChI=1S/C11H16N2O3/c1-7-5-9(14)12-6-8(7)13-10(15)16-11(2,3)4/h5-6H,1-4H3,(H,12,14)(H,13,15). The van der Waals surface area contributed by atoms with E-state index in [9.17, 15) is 9.59 Å². The smallest absolute Gasteiger partial charge is 0.412 e. The highest BCUT2D eigenvalue weighted by atomic mass is 16.6. The highest BCUT2D eigenvalue weighted by Crippen LogP contribution is 2.13. The molecule has 88 valence electrons. The molecule has 0 aliphatic rings. The van der Waals surface area contributed by atoms with Gasteiger partial charge in [0, 0.05) is 12.3 Å². The van der Waals surface area contributed by atoms with Gasteiger partial charge in [-0.3, -0.25) is 10.1 Å². The maximum absolute atomic E-state index is 11.4. The molecule has 0 fully saturated rings. The predicted molar refractivity (Wildman–Crippen MR) is 61.7 cm³/mol. The van der Waals surface area contributed by atoms with Crippen LogP contribution in [0.2, 0.25) is 0 Å². The van der Waals surface area contributed by atoms with E-state index in [4.69, 9.17) is 4.74 Å². The van der Waals surface area contributed by atoms with Crippen molar-refractivity contribution in [3.8, 4) is 0 Å². The normalized spacial score (nSPS) is 11.0. The van der Waals surface area contributed by atoms with Gasteiger partial charge in [0.25, 0.3) is 0 Å². The van der Waals surface area contributed by atoms with E-state index in [1.165, 1.54) is 12.3 Å². The fourth-order valence-electron chi connectivity index (χ4n) is 1.12. The molecule has 0 atom stereocenters. The molecule has 0 saturated carbocycles. The molecule has 0 unspecified atom stereocenters. The third-order valence-electron chi connectivity index (χ3n) is 1.77. The quantitative estimate of drug-likeness (QED) is 0.766. The number of anilines is 1. The van der Waals surface area contributed by atoms with E-state index in [0.717, 1.165) is 0 Å². The van der Waals surface area contributed by atoms with Crippen LogP contribution >= 0.6 is 0 Å². The van der Waals surface area contributed by atoms with Crippen molar-refractivity contribution in [2.75, 3.05) is 5.32 Å². The van der Waals surface area contributed by atoms with Gasteiger partial charge >= 0.3 is 6.09 Å². The average molecular weight is 224 g/mol. The van der Waals surface area contributed by atoms with Gasteiger partial charge in [0.05, 0.1) is 5.69 Å². The molecule has 1 heterocycles. The number of hydrogen-bond acceptors (Lipinski definition) is 3. The van der Waals surface area contributed by atoms with Gasteiger partial charge in [0.1, 0.15) is 5.60 Å². The van der Waals surface area contributed by atoms with Gasteiger partial charge in [0.15, 0.2) is 0 Å². The number of H-pyrrole nitrogens is 1. The van der Waals surface area contributed by atoms with Crippen LogP contribution in [-0.4, -0.2) is 16.7 Å². The molecule has 0 aliphatic heterocycles. The number of hydrogen-bond donors (Lipinski definition) is 2. The minimum absolute atomic E-state index is 0.202. The summed E-state index contributed by atoms with van der Waals surface area (Å²) in [5, 5.41) is 2.56. The zero-order chi connectivity index (χ0) is 12.3. The summed E-state index contributed by atoms with van der Waals surface area (Å²) in [6.07, 6.45) is 0.907. The number of ether oxygens (including phenoxy) is 1. The van der Waals surface area contributed by atoms with Crippen LogP contribution < -0.4 is 10.9 Å². The summed E-state index contributed by atoms with van der Waals surface area (Å²) in [7, 11) is 0. The molecule has 1 amide bonds. The number of carbonyl (C=O) groups is 1. The van der Waals surface area contributed by atoms with E-state index in [1.54, 1.807) is 27.7 Å². The fourth-order valence-corrected chi connectivity index (χ4v) is 1.12. The number of aromatic nitrogens is 1. The maximum atomic E-state index is 11.4. The van der Waals surface area contributed by atoms with Crippen LogP contribution in [0.4, 0.5) is 10.5 Å². The van der Waals surface area contributed by atoms with Crippen LogP contribution in [0.1, 0.15) is 26.3 Å². The second-order valence-electron chi connectivity index (χ2n) is 4.52. The summed E-state index contributed by atoms with van der Waals surface area (Å²) in [5.74, 6) is 0. The Bertz CT molecular complexity index is 443. The fraction of sp³-hybridized carbons (Fsp3) is 0.455. The first-order valence-corrected chi connectivity index (χ1v) is 4.97. The van der Waals surface area contributed by atoms with Gasteiger partial charge in [0.2, 0.25) is 5.56 Å². The predicted octanol–water partition coefficient (Wildman–Crippen LogP) is 2.03. The zero-order valence-electron chi connectivity index (χ0n) is 9.88. The Balaban J connectivity index is 2.74. The average Bonchev–Trinajstić information content (AvgIpc) is 2.06. The van der Waals surface area contributed by atoms with Crippen molar-refractivity contribution in [1.29, 1.82) is 0 Å². The molecule has 5 nitrogen and oxygen atoms in total. The Morgan fingerprint density at radius 2 is 2.06 bits per heavy atom. The van der Waals surface area contributed by atoms with Gasteiger partial charge in [-0.1, -0.05) is 0 Å². The van der Waals surface area contributed by atoms with Crippen LogP contribution in [0.25, 0.3) is 0 Å². The van der Waals surface area contributed by atoms with E-state index in [-0.39, 0.29) is 5.56 Å². The number of rotatable bonds is 1. The summed E-state index contributed by atoms with van der Waals surface area (Å²) in [5.41, 5.74) is 0.482. The number of amides is 1. The molecule has 0 aliphatic carbocycles. The minimum atomic E-state index is -0.541. The molecule has 0 saturated heterocycles. The van der Waals surface area contributed by atoms with E-state index in [0.29, 0.717) is 11.3 Å². The Labute approximate surface area is 93.8 Å². The lowest BCUT2D eigenvalue weighted by Crippen LogP contribution is -2.27. The lowest BCUT2D eigenvalue weighted by molar-refractivity contribution is 0.0635. The minimum Gasteiger partial charge on any atom is -0.444 e. The van der Waals surface area contributed by atoms with Crippen LogP contribution in [-0.2, 0) is 4.74 Å². The van der Waals surface area contributed by atoms with Gasteiger partial charge in [-0.15, -0.1) is 0 Å². The summed E-state index contributed by atoms with van der Waals surface area (Å²) < 4.78 is 5.08. The van der Waals surface area contributed by atoms with Crippen LogP contribution in [0, 0.1) is 6.92 Å². The van der Waals surface area contributed by atoms with E-state index in [1.807, 2.05) is 0 Å². The molecule has 2 N–H and O–H groups in total. The molecule has 1 aromatic heterocycles. The summed E-state index contributed by atoms with van der Waals surface area (Å²) in [6.45, 7) is 7.09. The molecule has 16 heavy (non-hydrogen) atoms. The molecule has 0 radical (unpaired) electrons. The van der Waals surface area contributed by atoms with Crippen molar-refractivity contribution < 1.29 is 9.53 Å². The Morgan fingerprint density at radius 1 is 1.44 bits per heavy atom. The van der Waals surface area contributed by atoms with Gasteiger partial charge in [-0.2, -0.15) is 0 Å². The lowest BCUT2D eigenvalue weighted by Gasteiger charge is -2.20. The highest BCUT2D eigenvalue weighted by Gasteiger charge is 2.16. The summed E-state index contributed by atoms with van der Waals surface area (Å²) in [6, 6.07) is 1.41. The van der Waals surface area contributed by atoms with Crippen molar-refractivity contribution in [2.24, 2.45) is 0 Å². The second-order valence-corrected chi connectivity index (χ2v) is 4.52. The number of nitrogens with one attached hydrogen (secondary N) is 2. The molecule has 1 rings (SSSR count). The molecule has 0 aromatic carbocycles. The third kappa shape index (κ3) is 3.76. The number of pyridine rings is 1. The first kappa shape index (κ1) is 12.3. The Hall–Kier alpha value is -1.78. The van der Waals surface area contributed by atoms with E-state index >= 15 is 0 Å². The number of carbonyl (C=O) groups excluding carboxylic acids is 1. The molecular weight excluding hydrogens is 208 g/mol. The number of aromatic amines is 1. The zero-order valence-corrected chi connectivity index (χ0v) is 9.88. The van der Waals surface area contributed by atoms with Crippen molar-refractivity contribution in [3.05, 3.63) is 28.2 Å². The third-order valence-corrected chi connectivity index (χ3v) is 1.77. The topological polar surface area (TPSA) is 71.2 Å². The van der Waals surface area contributed by atoms with Crippen molar-refractivity contribution in [1.82, 2.24) is 4.98 Å². The molecule has 5 heteroatoms. The highest BCUT2D eigenvalue weighted by molar-refractivity contribution is 5.85. The monoisotopic (exact) mass is 224 g/mol. The Kier molecular flexibility index (Phi) is 3.37. The van der Waals surface area contributed by atoms with Crippen LogP contribution in [0.5, 0.6) is 0 Å². The summed E-state index contributed by atoms with van der Waals surface area (Å²) in [4.78, 5) is 24.9. The largest absolute Gasteiger partial charge is 0.444 e. The van der Waals surface area contributed by atoms with Crippen molar-refractivity contribution in [2.45, 2.75) is 33.3 Å². The first-order chi connectivity index (χ1) is 7.28. The molecule has 0 spiro atoms. The second kappa shape index (κ2) is 4.38. The van der Waals surface area contributed by atoms with Gasteiger partial charge in [-0.25, -0.2) is 4.79 Å². The lowest BCUT2D eigenvalue weighted by atomic mass is 10.2. The van der Waals surface area contributed by atoms with Crippen molar-refractivity contribution in [3.63, 3.8) is 0 Å². The van der Waals surface area contributed by atoms with Gasteiger partial charge < -0.3 is 9.72 Å². The Morgan fingerprint density at radius 3 is 2.56 bits per heavy atom. The maximum Gasteiger partial charge on any atom is 0.412 e. The van der Waals surface area contributed by atoms with Gasteiger partial charge in [-0.05, 0) is 33.3 Å². The van der Waals surface area contributed by atoms with E-state index < -0.39 is 11.7 Å². The molecular formula is C11H16N2O3. The van der Waals surface area contributed by atoms with Crippen LogP contribution in [0.15, 0.2) is 17.1 Å². The molecule has 0 bridgehead atoms. The van der Waals surface area contributed by atoms with Crippen molar-refractivity contribution >= 4 is 11.8 Å². The van der Waals surface area contributed by atoms with E-state index in [2.05, 4.69) is 10.3 Å². The summed E-state index contributed by atoms with van der Waals surface area (Å²) >= 11 is 0. The SMILES string of the molecule is Cc1cc(=O)[nH]cc1NC(=O)OC(C)(C)C. The van der Waals surface area contributed by atoms with Crippen LogP contribution in [0.3, 0.4) is 0 Å². The molecule has 1 aromatic rings. The first-order valence-electron chi connectivity index (χ1n) is 4.97.